The molecule has 2 atom stereocenters. The minimum atomic E-state index is -0.756. The number of rotatable bonds is 3. The zero-order chi connectivity index (χ0) is 13.0. The van der Waals surface area contributed by atoms with Gasteiger partial charge in [-0.2, -0.15) is 0 Å². The largest absolute Gasteiger partial charge is 0.384 e. The molecule has 2 rings (SSSR count). The Morgan fingerprint density at radius 2 is 2.22 bits per heavy atom. The summed E-state index contributed by atoms with van der Waals surface area (Å²) in [4.78, 5) is 0. The van der Waals surface area contributed by atoms with Crippen molar-refractivity contribution in [2.75, 3.05) is 6.54 Å². The molecule has 0 aliphatic carbocycles. The molecule has 100 valence electrons. The van der Waals surface area contributed by atoms with Crippen LogP contribution in [-0.2, 0) is 5.60 Å². The molecular formula is C15H22BrNO. The summed E-state index contributed by atoms with van der Waals surface area (Å²) in [5.41, 5.74) is 0.257. The Labute approximate surface area is 118 Å². The smallest absolute Gasteiger partial charge is 0.105 e. The van der Waals surface area contributed by atoms with Gasteiger partial charge in [0, 0.05) is 10.5 Å². The first-order valence-electron chi connectivity index (χ1n) is 6.88. The summed E-state index contributed by atoms with van der Waals surface area (Å²) in [7, 11) is 0. The Balaban J connectivity index is 2.28. The number of hydrogen-bond donors (Lipinski definition) is 2. The van der Waals surface area contributed by atoms with E-state index in [0.29, 0.717) is 0 Å². The van der Waals surface area contributed by atoms with Gasteiger partial charge in [0.1, 0.15) is 5.60 Å². The van der Waals surface area contributed by atoms with E-state index in [2.05, 4.69) is 28.2 Å². The summed E-state index contributed by atoms with van der Waals surface area (Å²) < 4.78 is 1.03. The van der Waals surface area contributed by atoms with Crippen LogP contribution in [0.2, 0.25) is 0 Å². The van der Waals surface area contributed by atoms with Gasteiger partial charge in [-0.3, -0.25) is 0 Å². The van der Waals surface area contributed by atoms with Gasteiger partial charge in [-0.1, -0.05) is 47.8 Å². The average Bonchev–Trinajstić information content (AvgIpc) is 2.67. The van der Waals surface area contributed by atoms with Gasteiger partial charge in [-0.25, -0.2) is 0 Å². The van der Waals surface area contributed by atoms with E-state index in [1.807, 2.05) is 24.3 Å². The molecule has 0 saturated carbocycles. The van der Waals surface area contributed by atoms with Crippen molar-refractivity contribution in [3.8, 4) is 0 Å². The van der Waals surface area contributed by atoms with Gasteiger partial charge in [-0.05, 0) is 43.5 Å². The molecule has 2 nitrogen and oxygen atoms in total. The fourth-order valence-electron chi connectivity index (χ4n) is 2.85. The summed E-state index contributed by atoms with van der Waals surface area (Å²) in [5.74, 6) is 0. The van der Waals surface area contributed by atoms with Gasteiger partial charge in [-0.15, -0.1) is 0 Å². The predicted molar refractivity (Wildman–Crippen MR) is 78.6 cm³/mol. The number of halogens is 1. The molecule has 0 radical (unpaired) electrons. The van der Waals surface area contributed by atoms with E-state index in [1.54, 1.807) is 0 Å². The lowest BCUT2D eigenvalue weighted by atomic mass is 9.82. The van der Waals surface area contributed by atoms with E-state index in [-0.39, 0.29) is 6.04 Å². The third kappa shape index (κ3) is 2.95. The molecule has 1 aliphatic heterocycles. The molecular weight excluding hydrogens is 290 g/mol. The predicted octanol–water partition coefficient (Wildman–Crippen LogP) is 3.58. The minimum absolute atomic E-state index is 0.166. The second kappa shape index (κ2) is 6.18. The quantitative estimate of drug-likeness (QED) is 0.894. The van der Waals surface area contributed by atoms with Gasteiger partial charge in [0.2, 0.25) is 0 Å². The van der Waals surface area contributed by atoms with Crippen molar-refractivity contribution in [3.63, 3.8) is 0 Å². The maximum absolute atomic E-state index is 11.1. The molecule has 3 heteroatoms. The zero-order valence-electron chi connectivity index (χ0n) is 11.0. The highest BCUT2D eigenvalue weighted by Crippen LogP contribution is 2.33. The first-order chi connectivity index (χ1) is 8.66. The molecule has 0 spiro atoms. The molecule has 1 fully saturated rings. The highest BCUT2D eigenvalue weighted by atomic mass is 79.9. The Bertz CT molecular complexity index is 388. The van der Waals surface area contributed by atoms with E-state index < -0.39 is 5.60 Å². The average molecular weight is 312 g/mol. The molecule has 1 heterocycles. The van der Waals surface area contributed by atoms with Crippen LogP contribution < -0.4 is 5.32 Å². The molecule has 0 amide bonds. The van der Waals surface area contributed by atoms with Crippen molar-refractivity contribution in [3.05, 3.63) is 34.3 Å². The standard InChI is InChI=1S/C15H22BrNO/c1-2-15(18,12-7-6-8-13(16)11-12)14-9-4-3-5-10-17-14/h6-8,11,14,17-18H,2-5,9-10H2,1H3. The van der Waals surface area contributed by atoms with Gasteiger partial charge < -0.3 is 10.4 Å². The highest BCUT2D eigenvalue weighted by molar-refractivity contribution is 9.10. The fourth-order valence-corrected chi connectivity index (χ4v) is 3.24. The summed E-state index contributed by atoms with van der Waals surface area (Å²) in [6.07, 6.45) is 5.47. The van der Waals surface area contributed by atoms with Crippen LogP contribution in [0.25, 0.3) is 0 Å². The lowest BCUT2D eigenvalue weighted by molar-refractivity contribution is -0.00881. The van der Waals surface area contributed by atoms with Crippen molar-refractivity contribution < 1.29 is 5.11 Å². The lowest BCUT2D eigenvalue weighted by Gasteiger charge is -2.36. The normalized spacial score (nSPS) is 24.3. The van der Waals surface area contributed by atoms with E-state index >= 15 is 0 Å². The molecule has 2 N–H and O–H groups in total. The Hall–Kier alpha value is -0.380. The van der Waals surface area contributed by atoms with Crippen molar-refractivity contribution in [1.82, 2.24) is 5.32 Å². The third-order valence-electron chi connectivity index (χ3n) is 4.00. The van der Waals surface area contributed by atoms with Gasteiger partial charge >= 0.3 is 0 Å². The number of aliphatic hydroxyl groups is 1. The van der Waals surface area contributed by atoms with Gasteiger partial charge in [0.15, 0.2) is 0 Å². The summed E-state index contributed by atoms with van der Waals surface area (Å²) in [6.45, 7) is 3.08. The molecule has 0 bridgehead atoms. The van der Waals surface area contributed by atoms with E-state index in [4.69, 9.17) is 0 Å². The molecule has 18 heavy (non-hydrogen) atoms. The molecule has 2 unspecified atom stereocenters. The Morgan fingerprint density at radius 3 is 2.94 bits per heavy atom. The van der Waals surface area contributed by atoms with Crippen LogP contribution in [0.1, 0.15) is 44.6 Å². The minimum Gasteiger partial charge on any atom is -0.384 e. The van der Waals surface area contributed by atoms with Crippen molar-refractivity contribution in [2.24, 2.45) is 0 Å². The maximum atomic E-state index is 11.1. The first kappa shape index (κ1) is 14.0. The van der Waals surface area contributed by atoms with Crippen LogP contribution in [0.4, 0.5) is 0 Å². The maximum Gasteiger partial charge on any atom is 0.105 e. The monoisotopic (exact) mass is 311 g/mol. The van der Waals surface area contributed by atoms with Gasteiger partial charge in [0.05, 0.1) is 0 Å². The topological polar surface area (TPSA) is 32.3 Å². The second-order valence-corrected chi connectivity index (χ2v) is 6.06. The van der Waals surface area contributed by atoms with E-state index in [9.17, 15) is 5.11 Å². The van der Waals surface area contributed by atoms with Crippen LogP contribution in [-0.4, -0.2) is 17.7 Å². The van der Waals surface area contributed by atoms with Crippen molar-refractivity contribution in [2.45, 2.75) is 50.7 Å². The first-order valence-corrected chi connectivity index (χ1v) is 7.68. The Kier molecular flexibility index (Phi) is 4.82. The second-order valence-electron chi connectivity index (χ2n) is 5.14. The number of benzene rings is 1. The van der Waals surface area contributed by atoms with E-state index in [1.165, 1.54) is 19.3 Å². The summed E-state index contributed by atoms with van der Waals surface area (Å²) in [6, 6.07) is 8.23. The molecule has 0 aromatic heterocycles. The Morgan fingerprint density at radius 1 is 1.39 bits per heavy atom. The van der Waals surface area contributed by atoms with Crippen molar-refractivity contribution in [1.29, 1.82) is 0 Å². The van der Waals surface area contributed by atoms with Crippen LogP contribution in [0.5, 0.6) is 0 Å². The number of nitrogens with one attached hydrogen (secondary N) is 1. The van der Waals surface area contributed by atoms with Gasteiger partial charge in [0.25, 0.3) is 0 Å². The van der Waals surface area contributed by atoms with Crippen molar-refractivity contribution >= 4 is 15.9 Å². The molecule has 1 aliphatic rings. The molecule has 1 saturated heterocycles. The third-order valence-corrected chi connectivity index (χ3v) is 4.49. The summed E-state index contributed by atoms with van der Waals surface area (Å²) in [5, 5.41) is 14.6. The van der Waals surface area contributed by atoms with Crippen LogP contribution >= 0.6 is 15.9 Å². The van der Waals surface area contributed by atoms with E-state index in [0.717, 1.165) is 29.4 Å². The fraction of sp³-hybridized carbons (Fsp3) is 0.600. The molecule has 1 aromatic carbocycles. The van der Waals surface area contributed by atoms with Crippen LogP contribution in [0.3, 0.4) is 0 Å². The molecule has 1 aromatic rings. The highest BCUT2D eigenvalue weighted by Gasteiger charge is 2.36. The number of hydrogen-bond acceptors (Lipinski definition) is 2. The zero-order valence-corrected chi connectivity index (χ0v) is 12.5. The SMILES string of the molecule is CCC(O)(c1cccc(Br)c1)C1CCCCCN1. The van der Waals surface area contributed by atoms with Crippen LogP contribution in [0.15, 0.2) is 28.7 Å². The summed E-state index contributed by atoms with van der Waals surface area (Å²) >= 11 is 3.49. The van der Waals surface area contributed by atoms with Crippen LogP contribution in [0, 0.1) is 0 Å². The lowest BCUT2D eigenvalue weighted by Crippen LogP contribution is -2.47.